The smallest absolute Gasteiger partial charge is 0.166 e. The minimum Gasteiger partial charge on any atom is -0.333 e. The van der Waals surface area contributed by atoms with E-state index in [0.717, 1.165) is 21.9 Å². The third-order valence-corrected chi connectivity index (χ3v) is 2.75. The second kappa shape index (κ2) is 4.33. The Bertz CT molecular complexity index is 412. The maximum absolute atomic E-state index is 4.46. The molecule has 1 N–H and O–H groups in total. The summed E-state index contributed by atoms with van der Waals surface area (Å²) in [5, 5.41) is 0.990. The number of benzene rings is 1. The standard InChI is InChI=1S/C11H12N2S/c1-2-3-8-14-11-12-9-6-4-5-7-10(9)13-11/h2-7H,8H2,1H3,(H,12,13)/b3-2+. The predicted octanol–water partition coefficient (Wildman–Crippen LogP) is 3.23. The lowest BCUT2D eigenvalue weighted by Crippen LogP contribution is -1.75. The normalized spacial score (nSPS) is 11.5. The zero-order valence-corrected chi connectivity index (χ0v) is 8.84. The molecule has 0 unspecified atom stereocenters. The fourth-order valence-electron chi connectivity index (χ4n) is 1.22. The van der Waals surface area contributed by atoms with Gasteiger partial charge in [-0.1, -0.05) is 36.0 Å². The summed E-state index contributed by atoms with van der Waals surface area (Å²) in [6.07, 6.45) is 4.17. The van der Waals surface area contributed by atoms with Gasteiger partial charge in [-0.25, -0.2) is 4.98 Å². The van der Waals surface area contributed by atoms with Crippen molar-refractivity contribution in [2.75, 3.05) is 5.75 Å². The Labute approximate surface area is 87.4 Å². The molecule has 0 saturated heterocycles. The molecule has 0 aliphatic rings. The van der Waals surface area contributed by atoms with Gasteiger partial charge in [-0.05, 0) is 19.1 Å². The van der Waals surface area contributed by atoms with Gasteiger partial charge in [0.1, 0.15) is 0 Å². The van der Waals surface area contributed by atoms with E-state index in [1.807, 2.05) is 31.2 Å². The quantitative estimate of drug-likeness (QED) is 0.614. The van der Waals surface area contributed by atoms with Gasteiger partial charge in [0.05, 0.1) is 11.0 Å². The number of aromatic amines is 1. The minimum absolute atomic E-state index is 0.969. The van der Waals surface area contributed by atoms with Crippen LogP contribution in [-0.2, 0) is 0 Å². The molecule has 0 radical (unpaired) electrons. The van der Waals surface area contributed by atoms with Crippen molar-refractivity contribution in [1.29, 1.82) is 0 Å². The largest absolute Gasteiger partial charge is 0.333 e. The molecule has 2 nitrogen and oxygen atoms in total. The van der Waals surface area contributed by atoms with E-state index in [2.05, 4.69) is 22.1 Å². The minimum atomic E-state index is 0.969. The Morgan fingerprint density at radius 1 is 1.43 bits per heavy atom. The van der Waals surface area contributed by atoms with Crippen LogP contribution in [0.5, 0.6) is 0 Å². The molecule has 0 aliphatic carbocycles. The average Bonchev–Trinajstić information content (AvgIpc) is 2.60. The molecule has 1 heterocycles. The molecular weight excluding hydrogens is 192 g/mol. The molecule has 2 aromatic rings. The Balaban J connectivity index is 2.18. The molecule has 0 spiro atoms. The third kappa shape index (κ3) is 1.99. The number of nitrogens with one attached hydrogen (secondary N) is 1. The summed E-state index contributed by atoms with van der Waals surface area (Å²) in [6, 6.07) is 8.08. The summed E-state index contributed by atoms with van der Waals surface area (Å²) < 4.78 is 0. The van der Waals surface area contributed by atoms with Crippen LogP contribution in [0.1, 0.15) is 6.92 Å². The fraction of sp³-hybridized carbons (Fsp3) is 0.182. The monoisotopic (exact) mass is 204 g/mol. The molecule has 0 fully saturated rings. The van der Waals surface area contributed by atoms with Crippen LogP contribution in [0.25, 0.3) is 11.0 Å². The summed E-state index contributed by atoms with van der Waals surface area (Å²) in [7, 11) is 0. The van der Waals surface area contributed by atoms with Crippen molar-refractivity contribution in [3.8, 4) is 0 Å². The fourth-order valence-corrected chi connectivity index (χ4v) is 2.01. The van der Waals surface area contributed by atoms with E-state index in [1.54, 1.807) is 11.8 Å². The van der Waals surface area contributed by atoms with Gasteiger partial charge in [0.2, 0.25) is 0 Å². The first kappa shape index (κ1) is 9.34. The van der Waals surface area contributed by atoms with Crippen molar-refractivity contribution in [3.63, 3.8) is 0 Å². The SMILES string of the molecule is C/C=C/CSc1nc2ccccc2[nH]1. The van der Waals surface area contributed by atoms with E-state index in [9.17, 15) is 0 Å². The second-order valence-electron chi connectivity index (χ2n) is 2.94. The zero-order valence-electron chi connectivity index (χ0n) is 8.03. The lowest BCUT2D eigenvalue weighted by molar-refractivity contribution is 1.08. The number of nitrogens with zero attached hydrogens (tertiary/aromatic N) is 1. The van der Waals surface area contributed by atoms with Crippen molar-refractivity contribution >= 4 is 22.8 Å². The average molecular weight is 204 g/mol. The van der Waals surface area contributed by atoms with Crippen LogP contribution >= 0.6 is 11.8 Å². The van der Waals surface area contributed by atoms with Gasteiger partial charge < -0.3 is 4.98 Å². The summed E-state index contributed by atoms with van der Waals surface area (Å²) in [6.45, 7) is 2.03. The number of allylic oxidation sites excluding steroid dienone is 1. The summed E-state index contributed by atoms with van der Waals surface area (Å²) in [5.41, 5.74) is 2.14. The first-order valence-corrected chi connectivity index (χ1v) is 5.57. The number of thioether (sulfide) groups is 1. The Morgan fingerprint density at radius 2 is 2.29 bits per heavy atom. The van der Waals surface area contributed by atoms with Crippen molar-refractivity contribution in [1.82, 2.24) is 9.97 Å². The lowest BCUT2D eigenvalue weighted by atomic mass is 10.3. The van der Waals surface area contributed by atoms with Crippen molar-refractivity contribution in [2.45, 2.75) is 12.1 Å². The molecule has 14 heavy (non-hydrogen) atoms. The number of hydrogen-bond donors (Lipinski definition) is 1. The molecule has 2 rings (SSSR count). The molecule has 3 heteroatoms. The van der Waals surface area contributed by atoms with E-state index in [4.69, 9.17) is 0 Å². The molecule has 1 aromatic carbocycles. The molecular formula is C11H12N2S. The number of para-hydroxylation sites is 2. The van der Waals surface area contributed by atoms with Crippen LogP contribution in [0.3, 0.4) is 0 Å². The molecule has 0 saturated carbocycles. The molecule has 0 atom stereocenters. The molecule has 72 valence electrons. The van der Waals surface area contributed by atoms with Gasteiger partial charge in [0.15, 0.2) is 5.16 Å². The van der Waals surface area contributed by atoms with Crippen molar-refractivity contribution in [2.24, 2.45) is 0 Å². The van der Waals surface area contributed by atoms with E-state index in [-0.39, 0.29) is 0 Å². The van der Waals surface area contributed by atoms with Crippen LogP contribution < -0.4 is 0 Å². The van der Waals surface area contributed by atoms with E-state index in [0.29, 0.717) is 0 Å². The van der Waals surface area contributed by atoms with Gasteiger partial charge in [-0.2, -0.15) is 0 Å². The van der Waals surface area contributed by atoms with Gasteiger partial charge >= 0.3 is 0 Å². The number of fused-ring (bicyclic) bond motifs is 1. The Morgan fingerprint density at radius 3 is 3.07 bits per heavy atom. The maximum atomic E-state index is 4.46. The first-order valence-electron chi connectivity index (χ1n) is 4.59. The van der Waals surface area contributed by atoms with Gasteiger partial charge in [-0.15, -0.1) is 0 Å². The van der Waals surface area contributed by atoms with Crippen molar-refractivity contribution < 1.29 is 0 Å². The van der Waals surface area contributed by atoms with Gasteiger partial charge in [-0.3, -0.25) is 0 Å². The number of imidazole rings is 1. The summed E-state index contributed by atoms with van der Waals surface area (Å²) in [4.78, 5) is 7.73. The molecule has 1 aromatic heterocycles. The highest BCUT2D eigenvalue weighted by molar-refractivity contribution is 7.99. The predicted molar refractivity (Wildman–Crippen MR) is 61.6 cm³/mol. The molecule has 0 amide bonds. The van der Waals surface area contributed by atoms with Gasteiger partial charge in [0.25, 0.3) is 0 Å². The van der Waals surface area contributed by atoms with Gasteiger partial charge in [0, 0.05) is 5.75 Å². The maximum Gasteiger partial charge on any atom is 0.166 e. The van der Waals surface area contributed by atoms with Crippen LogP contribution in [0.15, 0.2) is 41.6 Å². The third-order valence-electron chi connectivity index (χ3n) is 1.92. The van der Waals surface area contributed by atoms with Crippen LogP contribution in [0.2, 0.25) is 0 Å². The number of hydrogen-bond acceptors (Lipinski definition) is 2. The zero-order chi connectivity index (χ0) is 9.80. The van der Waals surface area contributed by atoms with Crippen LogP contribution in [0.4, 0.5) is 0 Å². The Hall–Kier alpha value is -1.22. The van der Waals surface area contributed by atoms with E-state index >= 15 is 0 Å². The lowest BCUT2D eigenvalue weighted by Gasteiger charge is -1.88. The second-order valence-corrected chi connectivity index (χ2v) is 3.95. The first-order chi connectivity index (χ1) is 6.90. The van der Waals surface area contributed by atoms with Crippen molar-refractivity contribution in [3.05, 3.63) is 36.4 Å². The number of H-pyrrole nitrogens is 1. The number of aromatic nitrogens is 2. The summed E-state index contributed by atoms with van der Waals surface area (Å²) >= 11 is 1.72. The highest BCUT2D eigenvalue weighted by Gasteiger charge is 2.00. The highest BCUT2D eigenvalue weighted by Crippen LogP contribution is 2.18. The van der Waals surface area contributed by atoms with Crippen LogP contribution in [0, 0.1) is 0 Å². The topological polar surface area (TPSA) is 28.7 Å². The van der Waals surface area contributed by atoms with E-state index in [1.165, 1.54) is 0 Å². The molecule has 0 aliphatic heterocycles. The Kier molecular flexibility index (Phi) is 2.89. The summed E-state index contributed by atoms with van der Waals surface area (Å²) in [5.74, 6) is 0.969. The number of rotatable bonds is 3. The highest BCUT2D eigenvalue weighted by atomic mass is 32.2. The van der Waals surface area contributed by atoms with Crippen LogP contribution in [-0.4, -0.2) is 15.7 Å². The molecule has 0 bridgehead atoms. The van der Waals surface area contributed by atoms with E-state index < -0.39 is 0 Å².